The fourth-order valence-electron chi connectivity index (χ4n) is 1.31. The van der Waals surface area contributed by atoms with Gasteiger partial charge in [0, 0.05) is 18.0 Å². The minimum absolute atomic E-state index is 0.179. The van der Waals surface area contributed by atoms with Crippen molar-refractivity contribution >= 4 is 0 Å². The van der Waals surface area contributed by atoms with Crippen LogP contribution in [0.15, 0.2) is 24.7 Å². The molecule has 0 atom stereocenters. The molecule has 2 aromatic heterocycles. The number of hydrogen-bond acceptors (Lipinski definition) is 2. The molecule has 0 aliphatic rings. The number of halogens is 3. The van der Waals surface area contributed by atoms with E-state index >= 15 is 0 Å². The number of hydrogen-bond donors (Lipinski definition) is 1. The molecule has 2 aromatic rings. The van der Waals surface area contributed by atoms with Crippen LogP contribution in [0.5, 0.6) is 0 Å². The van der Waals surface area contributed by atoms with Gasteiger partial charge in [-0.1, -0.05) is 0 Å². The molecule has 0 spiro atoms. The van der Waals surface area contributed by atoms with Crippen LogP contribution in [0.25, 0.3) is 11.4 Å². The molecule has 0 radical (unpaired) electrons. The number of nitrogens with one attached hydrogen (secondary N) is 1. The van der Waals surface area contributed by atoms with E-state index in [4.69, 9.17) is 0 Å². The summed E-state index contributed by atoms with van der Waals surface area (Å²) in [5, 5.41) is 0. The molecule has 1 N–H and O–H groups in total. The highest BCUT2D eigenvalue weighted by atomic mass is 19.4. The molecule has 3 nitrogen and oxygen atoms in total. The van der Waals surface area contributed by atoms with Gasteiger partial charge in [0.2, 0.25) is 0 Å². The third kappa shape index (κ3) is 1.91. The van der Waals surface area contributed by atoms with Gasteiger partial charge in [0.15, 0.2) is 0 Å². The summed E-state index contributed by atoms with van der Waals surface area (Å²) in [6.45, 7) is 1.78. The number of aryl methyl sites for hydroxylation is 1. The van der Waals surface area contributed by atoms with Crippen molar-refractivity contribution in [2.24, 2.45) is 0 Å². The lowest BCUT2D eigenvalue weighted by Gasteiger charge is -2.02. The van der Waals surface area contributed by atoms with E-state index in [0.717, 1.165) is 11.8 Å². The van der Waals surface area contributed by atoms with Gasteiger partial charge < -0.3 is 4.98 Å². The molecule has 2 rings (SSSR count). The average Bonchev–Trinajstić information content (AvgIpc) is 2.66. The van der Waals surface area contributed by atoms with E-state index in [1.165, 1.54) is 6.20 Å². The second-order valence-electron chi connectivity index (χ2n) is 3.33. The van der Waals surface area contributed by atoms with Crippen molar-refractivity contribution < 1.29 is 13.2 Å². The smallest absolute Gasteiger partial charge is 0.334 e. The van der Waals surface area contributed by atoms with Crippen molar-refractivity contribution in [1.29, 1.82) is 0 Å². The van der Waals surface area contributed by atoms with Crippen LogP contribution in [0, 0.1) is 6.92 Å². The Kier molecular flexibility index (Phi) is 2.41. The largest absolute Gasteiger partial charge is 0.432 e. The summed E-state index contributed by atoms with van der Waals surface area (Å²) in [5.41, 5.74) is 0.529. The first-order chi connectivity index (χ1) is 7.48. The second-order valence-corrected chi connectivity index (χ2v) is 3.33. The topological polar surface area (TPSA) is 41.6 Å². The molecular formula is C10H8F3N3. The van der Waals surface area contributed by atoms with E-state index in [-0.39, 0.29) is 5.82 Å². The van der Waals surface area contributed by atoms with Crippen molar-refractivity contribution in [2.75, 3.05) is 0 Å². The molecule has 0 amide bonds. The first-order valence-corrected chi connectivity index (χ1v) is 4.51. The molecule has 2 heterocycles. The highest BCUT2D eigenvalue weighted by Gasteiger charge is 2.33. The summed E-state index contributed by atoms with van der Waals surface area (Å²) in [5.74, 6) is 0.179. The van der Waals surface area contributed by atoms with E-state index in [1.807, 2.05) is 0 Å². The summed E-state index contributed by atoms with van der Waals surface area (Å²) < 4.78 is 37.0. The van der Waals surface area contributed by atoms with Crippen molar-refractivity contribution in [1.82, 2.24) is 15.0 Å². The summed E-state index contributed by atoms with van der Waals surface area (Å²) in [6.07, 6.45) is -0.566. The average molecular weight is 227 g/mol. The number of alkyl halides is 3. The number of imidazole rings is 1. The molecule has 16 heavy (non-hydrogen) atoms. The molecule has 0 saturated heterocycles. The van der Waals surface area contributed by atoms with E-state index in [1.54, 1.807) is 19.2 Å². The lowest BCUT2D eigenvalue weighted by atomic mass is 10.1. The normalized spacial score (nSPS) is 11.8. The van der Waals surface area contributed by atoms with Gasteiger partial charge in [-0.3, -0.25) is 4.98 Å². The zero-order valence-electron chi connectivity index (χ0n) is 8.34. The second kappa shape index (κ2) is 3.62. The fourth-order valence-corrected chi connectivity index (χ4v) is 1.31. The number of nitrogens with zero attached hydrogens (tertiary/aromatic N) is 2. The Bertz CT molecular complexity index is 502. The van der Waals surface area contributed by atoms with Gasteiger partial charge in [0.25, 0.3) is 0 Å². The van der Waals surface area contributed by atoms with Crippen LogP contribution in [0.2, 0.25) is 0 Å². The lowest BCUT2D eigenvalue weighted by Crippen LogP contribution is -2.04. The molecule has 0 unspecified atom stereocenters. The SMILES string of the molecule is Cc1ccncc1-c1ncc(C(F)(F)F)[nH]1. The minimum Gasteiger partial charge on any atom is -0.334 e. The molecule has 0 saturated carbocycles. The van der Waals surface area contributed by atoms with Gasteiger partial charge in [-0.05, 0) is 18.6 Å². The van der Waals surface area contributed by atoms with E-state index in [9.17, 15) is 13.2 Å². The number of aromatic amines is 1. The van der Waals surface area contributed by atoms with Gasteiger partial charge in [-0.15, -0.1) is 0 Å². The van der Waals surface area contributed by atoms with Gasteiger partial charge in [-0.2, -0.15) is 13.2 Å². The van der Waals surface area contributed by atoms with Gasteiger partial charge >= 0.3 is 6.18 Å². The van der Waals surface area contributed by atoms with Gasteiger partial charge in [0.1, 0.15) is 11.5 Å². The maximum Gasteiger partial charge on any atom is 0.432 e. The monoisotopic (exact) mass is 227 g/mol. The molecule has 0 aromatic carbocycles. The number of pyridine rings is 1. The molecule has 6 heteroatoms. The molecule has 0 aliphatic heterocycles. The van der Waals surface area contributed by atoms with Crippen LogP contribution < -0.4 is 0 Å². The zero-order chi connectivity index (χ0) is 11.8. The third-order valence-corrected chi connectivity index (χ3v) is 2.18. The quantitative estimate of drug-likeness (QED) is 0.813. The first kappa shape index (κ1) is 10.7. The van der Waals surface area contributed by atoms with Crippen molar-refractivity contribution in [3.8, 4) is 11.4 Å². The molecule has 0 bridgehead atoms. The molecule has 84 valence electrons. The summed E-state index contributed by atoms with van der Waals surface area (Å²) in [7, 11) is 0. The Morgan fingerprint density at radius 2 is 2.00 bits per heavy atom. The van der Waals surface area contributed by atoms with E-state index in [0.29, 0.717) is 5.56 Å². The molecule has 0 fully saturated rings. The van der Waals surface area contributed by atoms with Gasteiger partial charge in [0.05, 0.1) is 6.20 Å². The Morgan fingerprint density at radius 1 is 1.25 bits per heavy atom. The summed E-state index contributed by atoms with van der Waals surface area (Å²) in [6, 6.07) is 1.71. The lowest BCUT2D eigenvalue weighted by molar-refractivity contribution is -0.140. The number of H-pyrrole nitrogens is 1. The Labute approximate surface area is 89.4 Å². The van der Waals surface area contributed by atoms with Crippen LogP contribution in [0.4, 0.5) is 13.2 Å². The van der Waals surface area contributed by atoms with Crippen LogP contribution in [0.3, 0.4) is 0 Å². The Balaban J connectivity index is 2.44. The van der Waals surface area contributed by atoms with Crippen LogP contribution in [-0.2, 0) is 6.18 Å². The maximum atomic E-state index is 12.3. The number of rotatable bonds is 1. The van der Waals surface area contributed by atoms with Crippen molar-refractivity contribution in [3.05, 3.63) is 35.9 Å². The van der Waals surface area contributed by atoms with E-state index in [2.05, 4.69) is 15.0 Å². The number of aromatic nitrogens is 3. The van der Waals surface area contributed by atoms with Crippen molar-refractivity contribution in [2.45, 2.75) is 13.1 Å². The molecular weight excluding hydrogens is 219 g/mol. The highest BCUT2D eigenvalue weighted by Crippen LogP contribution is 2.29. The first-order valence-electron chi connectivity index (χ1n) is 4.51. The Hall–Kier alpha value is -1.85. The highest BCUT2D eigenvalue weighted by molar-refractivity contribution is 5.58. The van der Waals surface area contributed by atoms with Crippen LogP contribution in [0.1, 0.15) is 11.3 Å². The minimum atomic E-state index is -4.40. The fraction of sp³-hybridized carbons (Fsp3) is 0.200. The predicted molar refractivity (Wildman–Crippen MR) is 51.6 cm³/mol. The predicted octanol–water partition coefficient (Wildman–Crippen LogP) is 2.80. The maximum absolute atomic E-state index is 12.3. The van der Waals surface area contributed by atoms with Gasteiger partial charge in [-0.25, -0.2) is 4.98 Å². The standard InChI is InChI=1S/C10H8F3N3/c1-6-2-3-14-4-7(6)9-15-5-8(16-9)10(11,12)13/h2-5H,1H3,(H,15,16). The summed E-state index contributed by atoms with van der Waals surface area (Å²) in [4.78, 5) is 9.78. The zero-order valence-corrected chi connectivity index (χ0v) is 8.34. The van der Waals surface area contributed by atoms with Crippen LogP contribution >= 0.6 is 0 Å². The van der Waals surface area contributed by atoms with E-state index < -0.39 is 11.9 Å². The van der Waals surface area contributed by atoms with Crippen molar-refractivity contribution in [3.63, 3.8) is 0 Å². The molecule has 0 aliphatic carbocycles. The van der Waals surface area contributed by atoms with Crippen LogP contribution in [-0.4, -0.2) is 15.0 Å². The Morgan fingerprint density at radius 3 is 2.56 bits per heavy atom. The third-order valence-electron chi connectivity index (χ3n) is 2.18. The summed E-state index contributed by atoms with van der Waals surface area (Å²) >= 11 is 0.